The van der Waals surface area contributed by atoms with E-state index < -0.39 is 6.10 Å². The fourth-order valence-corrected chi connectivity index (χ4v) is 3.53. The van der Waals surface area contributed by atoms with Crippen LogP contribution in [0.25, 0.3) is 0 Å². The predicted molar refractivity (Wildman–Crippen MR) is 96.1 cm³/mol. The van der Waals surface area contributed by atoms with Crippen molar-refractivity contribution in [1.29, 1.82) is 0 Å². The van der Waals surface area contributed by atoms with Crippen molar-refractivity contribution in [3.05, 3.63) is 47.1 Å². The van der Waals surface area contributed by atoms with E-state index in [1.165, 1.54) is 37.3 Å². The van der Waals surface area contributed by atoms with E-state index in [0.717, 1.165) is 12.0 Å². The summed E-state index contributed by atoms with van der Waals surface area (Å²) >= 11 is 0. The molecule has 0 unspecified atom stereocenters. The predicted octanol–water partition coefficient (Wildman–Crippen LogP) is 4.91. The molecule has 0 radical (unpaired) electrons. The number of aliphatic hydroxyl groups is 1. The zero-order valence-electron chi connectivity index (χ0n) is 14.9. The van der Waals surface area contributed by atoms with Crippen LogP contribution in [0.2, 0.25) is 0 Å². The molecule has 2 rings (SSSR count). The van der Waals surface area contributed by atoms with Gasteiger partial charge in [0.2, 0.25) is 0 Å². The van der Waals surface area contributed by atoms with Crippen LogP contribution in [0, 0.1) is 11.3 Å². The average molecular weight is 314 g/mol. The molecular formula is C21H30O2. The molecule has 0 saturated heterocycles. The second kappa shape index (κ2) is 7.44. The van der Waals surface area contributed by atoms with Gasteiger partial charge in [-0.05, 0) is 51.0 Å². The van der Waals surface area contributed by atoms with Gasteiger partial charge in [0.25, 0.3) is 0 Å². The Morgan fingerprint density at radius 1 is 1.35 bits per heavy atom. The highest BCUT2D eigenvalue weighted by atomic mass is 16.3. The van der Waals surface area contributed by atoms with E-state index in [2.05, 4.69) is 51.2 Å². The van der Waals surface area contributed by atoms with Gasteiger partial charge in [-0.25, -0.2) is 0 Å². The first kappa shape index (κ1) is 17.9. The minimum Gasteiger partial charge on any atom is -0.385 e. The summed E-state index contributed by atoms with van der Waals surface area (Å²) in [5, 5.41) is 9.69. The van der Waals surface area contributed by atoms with Crippen LogP contribution in [-0.2, 0) is 4.79 Å². The summed E-state index contributed by atoms with van der Waals surface area (Å²) in [6.45, 7) is 8.21. The molecule has 2 atom stereocenters. The smallest absolute Gasteiger partial charge is 0.158 e. The number of ketones is 1. The maximum absolute atomic E-state index is 11.2. The maximum atomic E-state index is 11.2. The number of allylic oxidation sites excluding steroid dienone is 7. The summed E-state index contributed by atoms with van der Waals surface area (Å²) in [6, 6.07) is 0. The molecule has 23 heavy (non-hydrogen) atoms. The number of hydrogen-bond acceptors (Lipinski definition) is 2. The highest BCUT2D eigenvalue weighted by molar-refractivity contribution is 5.80. The molecule has 0 aromatic rings. The van der Waals surface area contributed by atoms with E-state index in [-0.39, 0.29) is 11.2 Å². The molecule has 2 heteroatoms. The van der Waals surface area contributed by atoms with E-state index in [4.69, 9.17) is 0 Å². The summed E-state index contributed by atoms with van der Waals surface area (Å²) in [7, 11) is 0. The quantitative estimate of drug-likeness (QED) is 0.725. The van der Waals surface area contributed by atoms with Gasteiger partial charge in [-0.3, -0.25) is 4.79 Å². The number of carbonyl (C=O) groups excluding carboxylic acids is 1. The van der Waals surface area contributed by atoms with Gasteiger partial charge in [0.05, 0.1) is 0 Å². The van der Waals surface area contributed by atoms with Crippen molar-refractivity contribution < 1.29 is 9.90 Å². The molecule has 1 N–H and O–H groups in total. The number of aliphatic hydroxyl groups excluding tert-OH is 1. The number of rotatable bonds is 7. The van der Waals surface area contributed by atoms with Gasteiger partial charge in [0.15, 0.2) is 5.78 Å². The van der Waals surface area contributed by atoms with Crippen molar-refractivity contribution in [2.24, 2.45) is 11.3 Å². The molecular weight excluding hydrogens is 284 g/mol. The van der Waals surface area contributed by atoms with Crippen LogP contribution >= 0.6 is 0 Å². The summed E-state index contributed by atoms with van der Waals surface area (Å²) in [4.78, 5) is 11.2. The second-order valence-electron chi connectivity index (χ2n) is 7.57. The van der Waals surface area contributed by atoms with Crippen molar-refractivity contribution in [2.45, 2.75) is 65.9 Å². The first-order chi connectivity index (χ1) is 10.8. The third kappa shape index (κ3) is 4.78. The van der Waals surface area contributed by atoms with Crippen molar-refractivity contribution in [3.8, 4) is 0 Å². The molecule has 0 bridgehead atoms. The molecule has 0 spiro atoms. The first-order valence-electron chi connectivity index (χ1n) is 8.72. The fraction of sp³-hybridized carbons (Fsp3) is 0.571. The molecule has 126 valence electrons. The Morgan fingerprint density at radius 2 is 2.00 bits per heavy atom. The van der Waals surface area contributed by atoms with Crippen LogP contribution in [-0.4, -0.2) is 17.0 Å². The van der Waals surface area contributed by atoms with E-state index in [0.29, 0.717) is 12.3 Å². The third-order valence-corrected chi connectivity index (χ3v) is 5.38. The maximum Gasteiger partial charge on any atom is 0.158 e. The van der Waals surface area contributed by atoms with Crippen LogP contribution in [0.3, 0.4) is 0 Å². The Hall–Kier alpha value is -1.41. The zero-order chi connectivity index (χ0) is 17.0. The van der Waals surface area contributed by atoms with Crippen molar-refractivity contribution in [2.75, 3.05) is 0 Å². The van der Waals surface area contributed by atoms with Gasteiger partial charge in [0, 0.05) is 12.3 Å². The van der Waals surface area contributed by atoms with E-state index in [9.17, 15) is 9.90 Å². The van der Waals surface area contributed by atoms with Gasteiger partial charge in [-0.15, -0.1) is 0 Å². The molecule has 0 amide bonds. The number of hydrogen-bond donors (Lipinski definition) is 1. The lowest BCUT2D eigenvalue weighted by Gasteiger charge is -2.29. The Kier molecular flexibility index (Phi) is 5.80. The van der Waals surface area contributed by atoms with Crippen LogP contribution < -0.4 is 0 Å². The van der Waals surface area contributed by atoms with Gasteiger partial charge >= 0.3 is 0 Å². The largest absolute Gasteiger partial charge is 0.385 e. The second-order valence-corrected chi connectivity index (χ2v) is 7.57. The minimum atomic E-state index is -0.859. The van der Waals surface area contributed by atoms with Gasteiger partial charge in [-0.2, -0.15) is 0 Å². The van der Waals surface area contributed by atoms with Crippen LogP contribution in [0.1, 0.15) is 59.8 Å². The molecule has 0 aliphatic heterocycles. The summed E-state index contributed by atoms with van der Waals surface area (Å²) < 4.78 is 0. The van der Waals surface area contributed by atoms with Crippen molar-refractivity contribution in [1.82, 2.24) is 0 Å². The lowest BCUT2D eigenvalue weighted by Crippen LogP contribution is -2.20. The van der Waals surface area contributed by atoms with Crippen molar-refractivity contribution in [3.63, 3.8) is 0 Å². The third-order valence-electron chi connectivity index (χ3n) is 5.38. The average Bonchev–Trinajstić information content (AvgIpc) is 2.81. The highest BCUT2D eigenvalue weighted by Crippen LogP contribution is 2.38. The molecule has 0 aromatic heterocycles. The van der Waals surface area contributed by atoms with Gasteiger partial charge in [-0.1, -0.05) is 54.9 Å². The Balaban J connectivity index is 1.80. The highest BCUT2D eigenvalue weighted by Gasteiger charge is 2.24. The first-order valence-corrected chi connectivity index (χ1v) is 8.72. The van der Waals surface area contributed by atoms with E-state index >= 15 is 0 Å². The molecule has 0 aromatic carbocycles. The zero-order valence-corrected chi connectivity index (χ0v) is 14.9. The molecule has 0 saturated carbocycles. The number of Topliss-reactive ketones (excluding diaryl/α,β-unsaturated/α-hetero) is 1. The van der Waals surface area contributed by atoms with E-state index in [1.807, 2.05) is 0 Å². The molecule has 0 fully saturated rings. The topological polar surface area (TPSA) is 37.3 Å². The Morgan fingerprint density at radius 3 is 2.52 bits per heavy atom. The normalized spacial score (nSPS) is 25.9. The van der Waals surface area contributed by atoms with Crippen molar-refractivity contribution >= 4 is 5.78 Å². The summed E-state index contributed by atoms with van der Waals surface area (Å²) in [5.41, 5.74) is 4.27. The van der Waals surface area contributed by atoms with E-state index in [1.54, 1.807) is 0 Å². The fourth-order valence-electron chi connectivity index (χ4n) is 3.53. The van der Waals surface area contributed by atoms with Gasteiger partial charge < -0.3 is 5.11 Å². The molecule has 0 heterocycles. The monoisotopic (exact) mass is 314 g/mol. The number of carbonyl (C=O) groups is 1. The summed E-state index contributed by atoms with van der Waals surface area (Å²) in [6.07, 6.45) is 15.3. The SMILES string of the molecule is CC(=O)[C@@H](O)CC1=CC[C@@](C)(CCCC2C(C)=CC=C2C)C=C1. The molecule has 2 aliphatic carbocycles. The Labute approximate surface area is 140 Å². The Bertz CT molecular complexity index is 559. The summed E-state index contributed by atoms with van der Waals surface area (Å²) in [5.74, 6) is 0.485. The van der Waals surface area contributed by atoms with Crippen LogP contribution in [0.4, 0.5) is 0 Å². The lowest BCUT2D eigenvalue weighted by atomic mass is 9.76. The lowest BCUT2D eigenvalue weighted by molar-refractivity contribution is -0.124. The molecule has 2 nitrogen and oxygen atoms in total. The van der Waals surface area contributed by atoms with Crippen LogP contribution in [0.15, 0.2) is 47.1 Å². The van der Waals surface area contributed by atoms with Gasteiger partial charge in [0.1, 0.15) is 6.10 Å². The standard InChI is InChI=1S/C21H30O2/c1-15-7-8-16(2)19(15)6-5-11-21(4)12-9-18(10-13-21)14-20(23)17(3)22/h7-10,12,19-20,23H,5-6,11,13-14H2,1-4H3/t20-,21-/m0/s1. The van der Waals surface area contributed by atoms with Crippen LogP contribution in [0.5, 0.6) is 0 Å². The minimum absolute atomic E-state index is 0.156. The molecule has 2 aliphatic rings.